The molecule has 0 aliphatic rings. The first-order valence-corrected chi connectivity index (χ1v) is 6.86. The number of rotatable bonds is 7. The largest absolute Gasteiger partial charge is 0.382 e. The number of nitrogen functional groups attached to an aromatic ring is 1. The normalized spacial score (nSPS) is 10.9. The van der Waals surface area contributed by atoms with Crippen molar-refractivity contribution in [2.24, 2.45) is 0 Å². The number of alkyl halides is 2. The molecule has 2 rings (SSSR count). The molecule has 0 amide bonds. The number of hydrogen-bond acceptors (Lipinski definition) is 5. The molecule has 0 radical (unpaired) electrons. The van der Waals surface area contributed by atoms with Gasteiger partial charge in [-0.25, -0.2) is 8.78 Å². The van der Waals surface area contributed by atoms with Gasteiger partial charge in [-0.3, -0.25) is 0 Å². The Morgan fingerprint density at radius 2 is 2.05 bits per heavy atom. The van der Waals surface area contributed by atoms with E-state index >= 15 is 0 Å². The van der Waals surface area contributed by atoms with Crippen LogP contribution in [0.25, 0.3) is 11.1 Å². The monoisotopic (exact) mass is 299 g/mol. The fraction of sp³-hybridized carbons (Fsp3) is 0.308. The Balaban J connectivity index is 1.96. The summed E-state index contributed by atoms with van der Waals surface area (Å²) in [5.41, 5.74) is 7.68. The van der Waals surface area contributed by atoms with E-state index in [1.54, 1.807) is 0 Å². The molecule has 0 aliphatic heterocycles. The second-order valence-electron chi connectivity index (χ2n) is 4.03. The van der Waals surface area contributed by atoms with Gasteiger partial charge in [-0.2, -0.15) is 4.37 Å². The van der Waals surface area contributed by atoms with Gasteiger partial charge in [-0.05, 0) is 17.1 Å². The van der Waals surface area contributed by atoms with Crippen LogP contribution >= 0.6 is 11.5 Å². The van der Waals surface area contributed by atoms with Crippen molar-refractivity contribution in [1.82, 2.24) is 4.37 Å². The fourth-order valence-electron chi connectivity index (χ4n) is 1.72. The minimum atomic E-state index is -2.44. The van der Waals surface area contributed by atoms with Crippen molar-refractivity contribution >= 4 is 22.4 Å². The van der Waals surface area contributed by atoms with E-state index < -0.39 is 13.0 Å². The Kier molecular flexibility index (Phi) is 5.25. The SMILES string of the molecule is Nc1nsc(NCCOCC(F)F)c1-c1ccccc1. The lowest BCUT2D eigenvalue weighted by atomic mass is 10.1. The molecule has 108 valence electrons. The van der Waals surface area contributed by atoms with E-state index in [4.69, 9.17) is 10.5 Å². The highest BCUT2D eigenvalue weighted by molar-refractivity contribution is 7.11. The summed E-state index contributed by atoms with van der Waals surface area (Å²) < 4.78 is 32.7. The topological polar surface area (TPSA) is 60.2 Å². The Bertz CT molecular complexity index is 534. The number of anilines is 2. The number of ether oxygens (including phenoxy) is 1. The summed E-state index contributed by atoms with van der Waals surface area (Å²) in [5, 5.41) is 3.93. The first-order chi connectivity index (χ1) is 9.68. The molecule has 7 heteroatoms. The average Bonchev–Trinajstić information content (AvgIpc) is 2.80. The quantitative estimate of drug-likeness (QED) is 0.771. The molecule has 0 spiro atoms. The van der Waals surface area contributed by atoms with Gasteiger partial charge in [-0.1, -0.05) is 30.3 Å². The van der Waals surface area contributed by atoms with E-state index in [0.717, 1.165) is 16.1 Å². The zero-order valence-corrected chi connectivity index (χ0v) is 11.5. The number of halogens is 2. The van der Waals surface area contributed by atoms with Crippen molar-refractivity contribution in [3.8, 4) is 11.1 Å². The van der Waals surface area contributed by atoms with Gasteiger partial charge >= 0.3 is 0 Å². The van der Waals surface area contributed by atoms with Crippen LogP contribution < -0.4 is 11.1 Å². The van der Waals surface area contributed by atoms with E-state index in [2.05, 4.69) is 9.69 Å². The van der Waals surface area contributed by atoms with Crippen LogP contribution in [0.1, 0.15) is 0 Å². The van der Waals surface area contributed by atoms with Crippen molar-refractivity contribution in [3.63, 3.8) is 0 Å². The minimum Gasteiger partial charge on any atom is -0.382 e. The fourth-order valence-corrected chi connectivity index (χ4v) is 2.48. The number of nitrogens with two attached hydrogens (primary N) is 1. The standard InChI is InChI=1S/C13H15F2N3OS/c14-10(15)8-19-7-6-17-13-11(12(16)18-20-13)9-4-2-1-3-5-9/h1-5,10,17H,6-8H2,(H2,16,18). The van der Waals surface area contributed by atoms with Crippen molar-refractivity contribution in [2.45, 2.75) is 6.43 Å². The maximum absolute atomic E-state index is 11.9. The Morgan fingerprint density at radius 3 is 2.75 bits per heavy atom. The maximum Gasteiger partial charge on any atom is 0.261 e. The van der Waals surface area contributed by atoms with Crippen molar-refractivity contribution < 1.29 is 13.5 Å². The van der Waals surface area contributed by atoms with Gasteiger partial charge < -0.3 is 15.8 Å². The number of aromatic nitrogens is 1. The van der Waals surface area contributed by atoms with Crippen LogP contribution in [0.5, 0.6) is 0 Å². The molecule has 1 aromatic carbocycles. The van der Waals surface area contributed by atoms with Crippen molar-refractivity contribution in [1.29, 1.82) is 0 Å². The predicted octanol–water partition coefficient (Wildman–Crippen LogP) is 3.09. The number of nitrogens with zero attached hydrogens (tertiary/aromatic N) is 1. The third kappa shape index (κ3) is 3.88. The first-order valence-electron chi connectivity index (χ1n) is 6.09. The Labute approximate surface area is 119 Å². The summed E-state index contributed by atoms with van der Waals surface area (Å²) in [6.07, 6.45) is -2.44. The third-order valence-electron chi connectivity index (χ3n) is 2.56. The maximum atomic E-state index is 11.9. The summed E-state index contributed by atoms with van der Waals surface area (Å²) in [6, 6.07) is 9.64. The highest BCUT2D eigenvalue weighted by Crippen LogP contribution is 2.36. The smallest absolute Gasteiger partial charge is 0.261 e. The van der Waals surface area contributed by atoms with Crippen LogP contribution in [0, 0.1) is 0 Å². The van der Waals surface area contributed by atoms with Gasteiger partial charge in [0.15, 0.2) is 0 Å². The van der Waals surface area contributed by atoms with Crippen molar-refractivity contribution in [2.75, 3.05) is 30.8 Å². The lowest BCUT2D eigenvalue weighted by Crippen LogP contribution is -2.12. The van der Waals surface area contributed by atoms with E-state index in [1.807, 2.05) is 30.3 Å². The molecule has 4 nitrogen and oxygen atoms in total. The molecule has 0 fully saturated rings. The Morgan fingerprint density at radius 1 is 1.30 bits per heavy atom. The Hall–Kier alpha value is -1.73. The van der Waals surface area contributed by atoms with Gasteiger partial charge in [0, 0.05) is 6.54 Å². The molecule has 0 saturated heterocycles. The summed E-state index contributed by atoms with van der Waals surface area (Å²) in [4.78, 5) is 0. The summed E-state index contributed by atoms with van der Waals surface area (Å²) in [6.45, 7) is 0.0859. The van der Waals surface area contributed by atoms with Gasteiger partial charge in [0.2, 0.25) is 0 Å². The minimum absolute atomic E-state index is 0.205. The van der Waals surface area contributed by atoms with Crippen LogP contribution in [-0.2, 0) is 4.74 Å². The van der Waals surface area contributed by atoms with E-state index in [-0.39, 0.29) is 6.61 Å². The van der Waals surface area contributed by atoms with E-state index in [1.165, 1.54) is 11.5 Å². The molecular weight excluding hydrogens is 284 g/mol. The van der Waals surface area contributed by atoms with Crippen molar-refractivity contribution in [3.05, 3.63) is 30.3 Å². The second-order valence-corrected chi connectivity index (χ2v) is 4.80. The molecule has 1 heterocycles. The lowest BCUT2D eigenvalue weighted by molar-refractivity contribution is 0.0215. The zero-order chi connectivity index (χ0) is 14.4. The summed E-state index contributed by atoms with van der Waals surface area (Å²) in [5.74, 6) is 0.456. The second kappa shape index (κ2) is 7.16. The molecule has 1 aromatic heterocycles. The number of hydrogen-bond donors (Lipinski definition) is 2. The average molecular weight is 299 g/mol. The van der Waals surface area contributed by atoms with Gasteiger partial charge in [0.1, 0.15) is 17.4 Å². The molecule has 0 bridgehead atoms. The van der Waals surface area contributed by atoms with E-state index in [9.17, 15) is 8.78 Å². The molecule has 2 aromatic rings. The predicted molar refractivity (Wildman–Crippen MR) is 77.3 cm³/mol. The van der Waals surface area contributed by atoms with E-state index in [0.29, 0.717) is 12.4 Å². The van der Waals surface area contributed by atoms with Crippen LogP contribution in [0.2, 0.25) is 0 Å². The first kappa shape index (κ1) is 14.7. The third-order valence-corrected chi connectivity index (χ3v) is 3.38. The molecular formula is C13H15F2N3OS. The summed E-state index contributed by atoms with van der Waals surface area (Å²) in [7, 11) is 0. The van der Waals surface area contributed by atoms with Gasteiger partial charge in [0.25, 0.3) is 6.43 Å². The van der Waals surface area contributed by atoms with Crippen LogP contribution in [0.4, 0.5) is 19.6 Å². The lowest BCUT2D eigenvalue weighted by Gasteiger charge is -2.08. The highest BCUT2D eigenvalue weighted by Gasteiger charge is 2.13. The van der Waals surface area contributed by atoms with Crippen LogP contribution in [0.15, 0.2) is 30.3 Å². The number of benzene rings is 1. The molecule has 3 N–H and O–H groups in total. The highest BCUT2D eigenvalue weighted by atomic mass is 32.1. The molecule has 0 saturated carbocycles. The summed E-state index contributed by atoms with van der Waals surface area (Å²) >= 11 is 1.25. The molecule has 0 atom stereocenters. The molecule has 0 unspecified atom stereocenters. The number of nitrogens with one attached hydrogen (secondary N) is 1. The van der Waals surface area contributed by atoms with Crippen LogP contribution in [0.3, 0.4) is 0 Å². The van der Waals surface area contributed by atoms with Gasteiger partial charge in [0.05, 0.1) is 12.2 Å². The van der Waals surface area contributed by atoms with Gasteiger partial charge in [-0.15, -0.1) is 0 Å². The zero-order valence-electron chi connectivity index (χ0n) is 10.7. The molecule has 20 heavy (non-hydrogen) atoms. The molecule has 0 aliphatic carbocycles. The van der Waals surface area contributed by atoms with Crippen LogP contribution in [-0.4, -0.2) is 30.6 Å².